The highest BCUT2D eigenvalue weighted by molar-refractivity contribution is 5.35. The van der Waals surface area contributed by atoms with E-state index in [0.29, 0.717) is 13.0 Å². The molecule has 2 aromatic heterocycles. The number of aliphatic hydroxyl groups is 1. The van der Waals surface area contributed by atoms with Crippen LogP contribution in [0.25, 0.3) is 0 Å². The Hall–Kier alpha value is -2.15. The van der Waals surface area contributed by atoms with E-state index in [1.807, 2.05) is 25.1 Å². The van der Waals surface area contributed by atoms with Gasteiger partial charge in [0.1, 0.15) is 11.6 Å². The summed E-state index contributed by atoms with van der Waals surface area (Å²) in [7, 11) is 3.39. The van der Waals surface area contributed by atoms with Crippen molar-refractivity contribution in [2.24, 2.45) is 20.0 Å². The van der Waals surface area contributed by atoms with Gasteiger partial charge >= 0.3 is 5.69 Å². The third-order valence-electron chi connectivity index (χ3n) is 4.62. The van der Waals surface area contributed by atoms with Gasteiger partial charge in [-0.05, 0) is 31.9 Å². The minimum atomic E-state index is -0.394. The molecule has 0 saturated heterocycles. The lowest BCUT2D eigenvalue weighted by Crippen LogP contribution is -2.22. The molecule has 0 unspecified atom stereocenters. The second-order valence-corrected chi connectivity index (χ2v) is 6.36. The van der Waals surface area contributed by atoms with Gasteiger partial charge in [0.25, 0.3) is 0 Å². The highest BCUT2D eigenvalue weighted by Crippen LogP contribution is 2.37. The van der Waals surface area contributed by atoms with Crippen molar-refractivity contribution in [1.29, 1.82) is 0 Å². The zero-order valence-corrected chi connectivity index (χ0v) is 13.7. The molecular formula is C16H23N5O2. The van der Waals surface area contributed by atoms with Gasteiger partial charge in [0, 0.05) is 38.2 Å². The van der Waals surface area contributed by atoms with Gasteiger partial charge in [-0.2, -0.15) is 5.10 Å². The lowest BCUT2D eigenvalue weighted by molar-refractivity contribution is 0.137. The Balaban J connectivity index is 1.66. The molecule has 1 fully saturated rings. The van der Waals surface area contributed by atoms with Crippen LogP contribution in [-0.4, -0.2) is 37.1 Å². The number of nitrogens with one attached hydrogen (secondary N) is 1. The van der Waals surface area contributed by atoms with Crippen molar-refractivity contribution in [3.05, 3.63) is 40.2 Å². The summed E-state index contributed by atoms with van der Waals surface area (Å²) in [5.41, 5.74) is 0.836. The molecule has 2 aromatic rings. The van der Waals surface area contributed by atoms with E-state index in [9.17, 15) is 9.90 Å². The van der Waals surface area contributed by atoms with Crippen LogP contribution in [0.15, 0.2) is 23.0 Å². The van der Waals surface area contributed by atoms with E-state index in [-0.39, 0.29) is 17.5 Å². The lowest BCUT2D eigenvalue weighted by atomic mass is 10.0. The van der Waals surface area contributed by atoms with Crippen LogP contribution in [-0.2, 0) is 14.1 Å². The molecule has 23 heavy (non-hydrogen) atoms. The minimum Gasteiger partial charge on any atom is -0.393 e. The molecule has 0 spiro atoms. The van der Waals surface area contributed by atoms with Gasteiger partial charge in [0.2, 0.25) is 0 Å². The fourth-order valence-corrected chi connectivity index (χ4v) is 3.34. The van der Waals surface area contributed by atoms with Gasteiger partial charge < -0.3 is 10.4 Å². The van der Waals surface area contributed by atoms with Gasteiger partial charge in [-0.25, -0.2) is 14.5 Å². The standard InChI is InChI=1S/C16H23N5O2/c1-10-5-4-6-14(18-10)17-9-12-7-11(8-13(12)22)15-19-21(3)16(23)20(15)2/h4-6,11-13,22H,7-9H2,1-3H3,(H,17,18)/t11-,12+,13+/m0/s1. The Morgan fingerprint density at radius 3 is 2.78 bits per heavy atom. The first-order valence-electron chi connectivity index (χ1n) is 7.91. The quantitative estimate of drug-likeness (QED) is 0.871. The van der Waals surface area contributed by atoms with Crippen molar-refractivity contribution >= 4 is 5.82 Å². The van der Waals surface area contributed by atoms with E-state index in [2.05, 4.69) is 15.4 Å². The fourth-order valence-electron chi connectivity index (χ4n) is 3.34. The maximum atomic E-state index is 11.8. The summed E-state index contributed by atoms with van der Waals surface area (Å²) in [6, 6.07) is 5.84. The topological polar surface area (TPSA) is 85.0 Å². The minimum absolute atomic E-state index is 0.112. The molecular weight excluding hydrogens is 294 g/mol. The van der Waals surface area contributed by atoms with E-state index in [0.717, 1.165) is 23.8 Å². The Bertz CT molecular complexity index is 751. The zero-order chi connectivity index (χ0) is 16.6. The Labute approximate surface area is 135 Å². The third kappa shape index (κ3) is 3.14. The molecule has 3 rings (SSSR count). The van der Waals surface area contributed by atoms with Crippen LogP contribution in [0.3, 0.4) is 0 Å². The maximum absolute atomic E-state index is 11.8. The van der Waals surface area contributed by atoms with Crippen molar-refractivity contribution in [3.63, 3.8) is 0 Å². The van der Waals surface area contributed by atoms with Crippen LogP contribution in [0.5, 0.6) is 0 Å². The maximum Gasteiger partial charge on any atom is 0.345 e. The van der Waals surface area contributed by atoms with E-state index >= 15 is 0 Å². The number of aryl methyl sites for hydroxylation is 2. The number of aromatic nitrogens is 4. The molecule has 3 atom stereocenters. The summed E-state index contributed by atoms with van der Waals surface area (Å²) < 4.78 is 2.93. The van der Waals surface area contributed by atoms with Crippen molar-refractivity contribution in [3.8, 4) is 0 Å². The average Bonchev–Trinajstić information content (AvgIpc) is 3.00. The van der Waals surface area contributed by atoms with Crippen LogP contribution in [0.1, 0.15) is 30.3 Å². The van der Waals surface area contributed by atoms with Gasteiger partial charge in [0.05, 0.1) is 6.10 Å². The number of anilines is 1. The lowest BCUT2D eigenvalue weighted by Gasteiger charge is -2.15. The average molecular weight is 317 g/mol. The van der Waals surface area contributed by atoms with Crippen LogP contribution < -0.4 is 11.0 Å². The number of hydrogen-bond donors (Lipinski definition) is 2. The third-order valence-corrected chi connectivity index (χ3v) is 4.62. The molecule has 1 aliphatic rings. The predicted molar refractivity (Wildman–Crippen MR) is 87.4 cm³/mol. The van der Waals surface area contributed by atoms with Crippen LogP contribution in [0.2, 0.25) is 0 Å². The molecule has 0 amide bonds. The predicted octanol–water partition coefficient (Wildman–Crippen LogP) is 0.789. The number of hydrogen-bond acceptors (Lipinski definition) is 5. The first-order valence-corrected chi connectivity index (χ1v) is 7.91. The molecule has 124 valence electrons. The molecule has 0 radical (unpaired) electrons. The van der Waals surface area contributed by atoms with E-state index < -0.39 is 6.10 Å². The Morgan fingerprint density at radius 1 is 1.35 bits per heavy atom. The normalized spacial score (nSPS) is 24.1. The second kappa shape index (κ2) is 6.16. The van der Waals surface area contributed by atoms with Gasteiger partial charge in [-0.1, -0.05) is 6.07 Å². The molecule has 0 aliphatic heterocycles. The SMILES string of the molecule is Cc1cccc(NC[C@H]2C[C@H](c3nn(C)c(=O)n3C)C[C@H]2O)n1. The molecule has 1 aliphatic carbocycles. The van der Waals surface area contributed by atoms with E-state index in [1.165, 1.54) is 4.68 Å². The van der Waals surface area contributed by atoms with Crippen molar-refractivity contribution in [2.75, 3.05) is 11.9 Å². The van der Waals surface area contributed by atoms with E-state index in [1.54, 1.807) is 18.7 Å². The first-order chi connectivity index (χ1) is 11.0. The number of pyridine rings is 1. The number of nitrogens with zero attached hydrogens (tertiary/aromatic N) is 4. The highest BCUT2D eigenvalue weighted by Gasteiger charge is 2.36. The summed E-state index contributed by atoms with van der Waals surface area (Å²) in [5.74, 6) is 1.82. The molecule has 2 heterocycles. The highest BCUT2D eigenvalue weighted by atomic mass is 16.3. The van der Waals surface area contributed by atoms with Crippen molar-refractivity contribution < 1.29 is 5.11 Å². The monoisotopic (exact) mass is 317 g/mol. The summed E-state index contributed by atoms with van der Waals surface area (Å²) in [6.45, 7) is 2.61. The molecule has 0 bridgehead atoms. The Morgan fingerprint density at radius 2 is 2.13 bits per heavy atom. The fraction of sp³-hybridized carbons (Fsp3) is 0.562. The van der Waals surface area contributed by atoms with E-state index in [4.69, 9.17) is 0 Å². The molecule has 2 N–H and O–H groups in total. The number of aliphatic hydroxyl groups excluding tert-OH is 1. The smallest absolute Gasteiger partial charge is 0.345 e. The summed E-state index contributed by atoms with van der Waals surface area (Å²) in [6.07, 6.45) is 1.05. The summed E-state index contributed by atoms with van der Waals surface area (Å²) in [4.78, 5) is 16.2. The van der Waals surface area contributed by atoms with Crippen molar-refractivity contribution in [1.82, 2.24) is 19.3 Å². The number of rotatable bonds is 4. The molecule has 7 nitrogen and oxygen atoms in total. The summed E-state index contributed by atoms with van der Waals surface area (Å²) >= 11 is 0. The van der Waals surface area contributed by atoms with Gasteiger partial charge in [-0.15, -0.1) is 0 Å². The molecule has 7 heteroatoms. The van der Waals surface area contributed by atoms with Crippen LogP contribution >= 0.6 is 0 Å². The van der Waals surface area contributed by atoms with Crippen molar-refractivity contribution in [2.45, 2.75) is 31.8 Å². The van der Waals surface area contributed by atoms with Crippen LogP contribution in [0.4, 0.5) is 5.82 Å². The largest absolute Gasteiger partial charge is 0.393 e. The molecule has 1 saturated carbocycles. The van der Waals surface area contributed by atoms with Gasteiger partial charge in [-0.3, -0.25) is 4.57 Å². The zero-order valence-electron chi connectivity index (χ0n) is 13.7. The Kier molecular flexibility index (Phi) is 4.21. The van der Waals surface area contributed by atoms with Crippen LogP contribution in [0, 0.1) is 12.8 Å². The van der Waals surface area contributed by atoms with Gasteiger partial charge in [0.15, 0.2) is 0 Å². The summed E-state index contributed by atoms with van der Waals surface area (Å²) in [5, 5.41) is 17.9. The first kappa shape index (κ1) is 15.7. The molecule has 0 aromatic carbocycles. The second-order valence-electron chi connectivity index (χ2n) is 6.36.